The molecule has 1 amide bonds. The fourth-order valence-electron chi connectivity index (χ4n) is 6.28. The minimum absolute atomic E-state index is 0.0156. The Morgan fingerprint density at radius 3 is 2.33 bits per heavy atom. The maximum absolute atomic E-state index is 12.7. The smallest absolute Gasteiger partial charge is 0.251 e. The number of hydrogen-bond donors (Lipinski definition) is 1. The number of nitrogens with one attached hydrogen (secondary N) is 1. The number of carbonyl (C=O) groups is 1. The number of para-hydroxylation sites is 1. The predicted octanol–water partition coefficient (Wildman–Crippen LogP) is 5.68. The monoisotopic (exact) mass is 524 g/mol. The van der Waals surface area contributed by atoms with Crippen LogP contribution in [0.4, 0.5) is 0 Å². The number of hydrogen-bond acceptors (Lipinski definition) is 4. The fraction of sp³-hybridized carbons (Fsp3) is 0.424. The van der Waals surface area contributed by atoms with E-state index in [1.807, 2.05) is 24.3 Å². The van der Waals surface area contributed by atoms with Gasteiger partial charge in [0.15, 0.2) is 0 Å². The first-order chi connectivity index (χ1) is 19.1. The topological polar surface area (TPSA) is 49.7 Å². The van der Waals surface area contributed by atoms with Crippen LogP contribution < -0.4 is 10.1 Å². The van der Waals surface area contributed by atoms with E-state index in [1.165, 1.54) is 27.4 Å². The number of benzene rings is 3. The molecule has 0 atom stereocenters. The van der Waals surface area contributed by atoms with E-state index < -0.39 is 0 Å². The van der Waals surface area contributed by atoms with E-state index in [2.05, 4.69) is 76.1 Å². The van der Waals surface area contributed by atoms with Crippen molar-refractivity contribution in [3.63, 3.8) is 0 Å². The SMILES string of the molecule is CCn1c2ccccc2c2cc(CN3CCC(Oc4ccc(C(=O)NC5CCN(C)CC5)cc4)CC3)ccc21. The Labute approximate surface area is 231 Å². The zero-order chi connectivity index (χ0) is 26.8. The lowest BCUT2D eigenvalue weighted by atomic mass is 10.0. The Kier molecular flexibility index (Phi) is 7.58. The van der Waals surface area contributed by atoms with Gasteiger partial charge in [-0.2, -0.15) is 0 Å². The van der Waals surface area contributed by atoms with Gasteiger partial charge < -0.3 is 19.5 Å². The van der Waals surface area contributed by atoms with Crippen LogP contribution >= 0.6 is 0 Å². The van der Waals surface area contributed by atoms with Crippen LogP contribution in [0.25, 0.3) is 21.8 Å². The normalized spacial score (nSPS) is 18.1. The van der Waals surface area contributed by atoms with Gasteiger partial charge in [0.2, 0.25) is 0 Å². The van der Waals surface area contributed by atoms with Crippen LogP contribution in [0.2, 0.25) is 0 Å². The number of aryl methyl sites for hydroxylation is 1. The van der Waals surface area contributed by atoms with Gasteiger partial charge in [0, 0.05) is 59.6 Å². The Hall–Kier alpha value is -3.35. The van der Waals surface area contributed by atoms with Crippen molar-refractivity contribution in [2.45, 2.75) is 57.8 Å². The molecule has 6 rings (SSSR count). The van der Waals surface area contributed by atoms with E-state index in [4.69, 9.17) is 4.74 Å². The van der Waals surface area contributed by atoms with Gasteiger partial charge in [0.1, 0.15) is 11.9 Å². The van der Waals surface area contributed by atoms with Crippen molar-refractivity contribution in [2.24, 2.45) is 0 Å². The number of fused-ring (bicyclic) bond motifs is 3. The van der Waals surface area contributed by atoms with Crippen LogP contribution in [0.5, 0.6) is 5.75 Å². The van der Waals surface area contributed by atoms with Gasteiger partial charge in [-0.3, -0.25) is 9.69 Å². The van der Waals surface area contributed by atoms with Crippen molar-refractivity contribution < 1.29 is 9.53 Å². The number of ether oxygens (including phenoxy) is 1. The number of aromatic nitrogens is 1. The molecule has 6 heteroatoms. The maximum Gasteiger partial charge on any atom is 0.251 e. The molecule has 3 heterocycles. The molecule has 2 aliphatic rings. The lowest BCUT2D eigenvalue weighted by Gasteiger charge is -2.32. The molecule has 204 valence electrons. The van der Waals surface area contributed by atoms with Crippen molar-refractivity contribution in [3.05, 3.63) is 77.9 Å². The second-order valence-electron chi connectivity index (χ2n) is 11.3. The highest BCUT2D eigenvalue weighted by atomic mass is 16.5. The summed E-state index contributed by atoms with van der Waals surface area (Å²) in [5, 5.41) is 5.89. The molecule has 0 unspecified atom stereocenters. The molecule has 1 N–H and O–H groups in total. The molecule has 3 aromatic carbocycles. The van der Waals surface area contributed by atoms with E-state index in [0.717, 1.165) is 70.7 Å². The van der Waals surface area contributed by atoms with Crippen molar-refractivity contribution in [3.8, 4) is 5.75 Å². The molecule has 2 aliphatic heterocycles. The van der Waals surface area contributed by atoms with Crippen LogP contribution in [0.15, 0.2) is 66.7 Å². The molecule has 0 bridgehead atoms. The molecule has 0 spiro atoms. The molecule has 0 radical (unpaired) electrons. The molecule has 0 saturated carbocycles. The van der Waals surface area contributed by atoms with E-state index >= 15 is 0 Å². The minimum atomic E-state index is 0.0156. The van der Waals surface area contributed by atoms with Crippen molar-refractivity contribution in [1.29, 1.82) is 0 Å². The van der Waals surface area contributed by atoms with E-state index in [0.29, 0.717) is 5.56 Å². The molecule has 0 aliphatic carbocycles. The quantitative estimate of drug-likeness (QED) is 0.338. The summed E-state index contributed by atoms with van der Waals surface area (Å²) >= 11 is 0. The number of amides is 1. The second-order valence-corrected chi connectivity index (χ2v) is 11.3. The molecule has 39 heavy (non-hydrogen) atoms. The first kappa shape index (κ1) is 25.9. The number of rotatable bonds is 7. The highest BCUT2D eigenvalue weighted by Crippen LogP contribution is 2.30. The van der Waals surface area contributed by atoms with Crippen LogP contribution in [-0.4, -0.2) is 65.6 Å². The molecule has 2 fully saturated rings. The first-order valence-corrected chi connectivity index (χ1v) is 14.6. The van der Waals surface area contributed by atoms with Crippen LogP contribution in [0, 0.1) is 0 Å². The van der Waals surface area contributed by atoms with Gasteiger partial charge in [-0.25, -0.2) is 0 Å². The first-order valence-electron chi connectivity index (χ1n) is 14.6. The van der Waals surface area contributed by atoms with Crippen LogP contribution in [0.1, 0.15) is 48.5 Å². The summed E-state index contributed by atoms with van der Waals surface area (Å²) in [7, 11) is 2.13. The average Bonchev–Trinajstić information content (AvgIpc) is 3.28. The fourth-order valence-corrected chi connectivity index (χ4v) is 6.28. The predicted molar refractivity (Wildman–Crippen MR) is 158 cm³/mol. The standard InChI is InChI=1S/C33H40N4O2/c1-3-37-31-7-5-4-6-29(31)30-22-24(8-13-32(30)37)23-36-20-16-28(17-21-36)39-27-11-9-25(10-12-27)33(38)34-26-14-18-35(2)19-15-26/h4-13,22,26,28H,3,14-21,23H2,1-2H3,(H,34,38). The lowest BCUT2D eigenvalue weighted by molar-refractivity contribution is 0.0916. The van der Waals surface area contributed by atoms with Crippen molar-refractivity contribution in [1.82, 2.24) is 19.7 Å². The Morgan fingerprint density at radius 2 is 1.59 bits per heavy atom. The van der Waals surface area contributed by atoms with E-state index in [1.54, 1.807) is 0 Å². The third-order valence-electron chi connectivity index (χ3n) is 8.57. The number of likely N-dealkylation sites (tertiary alicyclic amines) is 2. The summed E-state index contributed by atoms with van der Waals surface area (Å²) in [6, 6.07) is 23.6. The number of nitrogens with zero attached hydrogens (tertiary/aromatic N) is 3. The second kappa shape index (κ2) is 11.4. The summed E-state index contributed by atoms with van der Waals surface area (Å²) in [5.74, 6) is 0.865. The maximum atomic E-state index is 12.7. The summed E-state index contributed by atoms with van der Waals surface area (Å²) in [6.45, 7) is 8.29. The van der Waals surface area contributed by atoms with Crippen LogP contribution in [0.3, 0.4) is 0 Å². The van der Waals surface area contributed by atoms with Gasteiger partial charge in [-0.05, 0) is 101 Å². The molecule has 1 aromatic heterocycles. The van der Waals surface area contributed by atoms with Crippen LogP contribution in [-0.2, 0) is 13.1 Å². The van der Waals surface area contributed by atoms with Gasteiger partial charge in [-0.1, -0.05) is 24.3 Å². The summed E-state index contributed by atoms with van der Waals surface area (Å²) in [4.78, 5) is 17.5. The summed E-state index contributed by atoms with van der Waals surface area (Å²) in [6.07, 6.45) is 4.26. The van der Waals surface area contributed by atoms with Crippen molar-refractivity contribution >= 4 is 27.7 Å². The highest BCUT2D eigenvalue weighted by molar-refractivity contribution is 6.08. The molecular formula is C33H40N4O2. The third kappa shape index (κ3) is 5.68. The average molecular weight is 525 g/mol. The lowest BCUT2D eigenvalue weighted by Crippen LogP contribution is -2.43. The third-order valence-corrected chi connectivity index (χ3v) is 8.57. The van der Waals surface area contributed by atoms with Gasteiger partial charge in [0.25, 0.3) is 5.91 Å². The molecule has 2 saturated heterocycles. The molecule has 4 aromatic rings. The summed E-state index contributed by atoms with van der Waals surface area (Å²) in [5.41, 5.74) is 4.71. The Balaban J connectivity index is 1.01. The van der Waals surface area contributed by atoms with Gasteiger partial charge in [0.05, 0.1) is 0 Å². The number of carbonyl (C=O) groups excluding carboxylic acids is 1. The Morgan fingerprint density at radius 1 is 0.872 bits per heavy atom. The molecular weight excluding hydrogens is 484 g/mol. The van der Waals surface area contributed by atoms with Crippen molar-refractivity contribution in [2.75, 3.05) is 33.2 Å². The molecule has 6 nitrogen and oxygen atoms in total. The van der Waals surface area contributed by atoms with Gasteiger partial charge >= 0.3 is 0 Å². The zero-order valence-electron chi connectivity index (χ0n) is 23.2. The van der Waals surface area contributed by atoms with E-state index in [9.17, 15) is 4.79 Å². The number of piperidine rings is 2. The van der Waals surface area contributed by atoms with E-state index in [-0.39, 0.29) is 18.1 Å². The largest absolute Gasteiger partial charge is 0.490 e. The van der Waals surface area contributed by atoms with Gasteiger partial charge in [-0.15, -0.1) is 0 Å². The minimum Gasteiger partial charge on any atom is -0.490 e. The Bertz CT molecular complexity index is 1430. The zero-order valence-corrected chi connectivity index (χ0v) is 23.2. The summed E-state index contributed by atoms with van der Waals surface area (Å²) < 4.78 is 8.71. The highest BCUT2D eigenvalue weighted by Gasteiger charge is 2.22.